The maximum atomic E-state index is 13.2. The Kier molecular flexibility index (Phi) is 22.4. The Hall–Kier alpha value is -6.26. The van der Waals surface area contributed by atoms with Crippen molar-refractivity contribution in [2.45, 2.75) is 185 Å². The molecule has 90 heavy (non-hydrogen) atoms. The van der Waals surface area contributed by atoms with Gasteiger partial charge in [0.1, 0.15) is 73.4 Å². The molecule has 14 nitrogen and oxygen atoms in total. The predicted molar refractivity (Wildman–Crippen MR) is 345 cm³/mol. The normalized spacial score (nSPS) is 22.8. The van der Waals surface area contributed by atoms with Crippen LogP contribution in [0, 0.1) is 11.6 Å². The minimum Gasteiger partial charge on any atom is -0.487 e. The highest BCUT2D eigenvalue weighted by molar-refractivity contribution is 6.32. The van der Waals surface area contributed by atoms with Crippen LogP contribution in [0.5, 0.6) is 28.7 Å². The molecule has 490 valence electrons. The van der Waals surface area contributed by atoms with Gasteiger partial charge in [-0.2, -0.15) is 13.2 Å². The van der Waals surface area contributed by atoms with E-state index in [0.717, 1.165) is 64.6 Å². The molecule has 6 aromatic rings. The van der Waals surface area contributed by atoms with Crippen LogP contribution in [0.1, 0.15) is 176 Å². The lowest BCUT2D eigenvalue weighted by Gasteiger charge is -2.37. The number of para-hydroxylation sites is 2. The van der Waals surface area contributed by atoms with Crippen molar-refractivity contribution in [2.24, 2.45) is 28.7 Å². The Bertz CT molecular complexity index is 3420. The fraction of sp³-hybridized carbons (Fsp3) is 0.464. The van der Waals surface area contributed by atoms with E-state index in [1.54, 1.807) is 32.0 Å². The number of benzene rings is 6. The van der Waals surface area contributed by atoms with E-state index in [1.165, 1.54) is 29.8 Å². The van der Waals surface area contributed by atoms with Crippen LogP contribution >= 0.6 is 23.2 Å². The number of hydrogen-bond acceptors (Lipinski definition) is 14. The molecular formula is C69H88Cl2F5N7O7. The van der Waals surface area contributed by atoms with Gasteiger partial charge in [0, 0.05) is 120 Å². The van der Waals surface area contributed by atoms with E-state index in [-0.39, 0.29) is 76.0 Å². The number of likely N-dealkylation sites (N-methyl/N-ethyl adjacent to an activating group) is 1. The number of carbonyl (C=O) groups is 1. The smallest absolute Gasteiger partial charge is 0.419 e. The average Bonchev–Trinajstić information content (AvgIpc) is 1.94. The standard InChI is InChI=1S/C13H18N2O2.C12H14F3NO.C11H13ClFNO.C11H14ClNO.C11H14FNO.C11H15NO/c1-15(4-5-16)12-7-9-2-3-11(14)6-10(9)8-13(12)17;1-11(2)6-9(16)7-4-3-5-8(10(7)17-11)12(13,14)15;1-11(2)5-8(14)6-3-4-7(13)9(12)10(6)15-11;2*1-11(2)6-9(13)8-4-3-7(12)5-10(8)14-11;1-11(2)7-9(12)8-5-3-4-6-10(8)13-11/h2-3,6,12,16H,4-5,7-8,14H2,1H3;3-5,9H,6,16H2,1-2H3;3-4,8H,5,14H2,1-2H3;2*3-5,9H,6,13H2,1-2H3;3-6,9H,7,12H2,1-2H3/t;9-;8-;3*9-/m.11111/s1. The zero-order chi connectivity index (χ0) is 66.6. The van der Waals surface area contributed by atoms with E-state index >= 15 is 0 Å². The molecule has 1 aliphatic carbocycles. The molecule has 0 radical (unpaired) electrons. The van der Waals surface area contributed by atoms with Crippen molar-refractivity contribution in [3.8, 4) is 28.7 Å². The first-order valence-electron chi connectivity index (χ1n) is 30.1. The lowest BCUT2D eigenvalue weighted by Crippen LogP contribution is -2.44. The van der Waals surface area contributed by atoms with Gasteiger partial charge in [-0.05, 0) is 142 Å². The summed E-state index contributed by atoms with van der Waals surface area (Å²) < 4.78 is 93.1. The maximum Gasteiger partial charge on any atom is 0.419 e. The number of anilines is 1. The number of alkyl halides is 3. The third-order valence-electron chi connectivity index (χ3n) is 16.1. The number of rotatable bonds is 3. The Morgan fingerprint density at radius 1 is 0.544 bits per heavy atom. The fourth-order valence-corrected chi connectivity index (χ4v) is 12.4. The van der Waals surface area contributed by atoms with Crippen LogP contribution in [0.15, 0.2) is 109 Å². The minimum atomic E-state index is -4.42. The molecule has 6 aromatic carbocycles. The molecule has 5 heterocycles. The van der Waals surface area contributed by atoms with Gasteiger partial charge in [0.15, 0.2) is 5.78 Å². The predicted octanol–water partition coefficient (Wildman–Crippen LogP) is 14.1. The number of aliphatic hydroxyl groups is 1. The Morgan fingerprint density at radius 2 is 1.00 bits per heavy atom. The van der Waals surface area contributed by atoms with Gasteiger partial charge < -0.3 is 63.2 Å². The molecule has 6 atom stereocenters. The molecular weight excluding hydrogens is 1200 g/mol. The van der Waals surface area contributed by atoms with Crippen molar-refractivity contribution in [2.75, 3.05) is 25.9 Å². The Labute approximate surface area is 536 Å². The number of nitrogens with zero attached hydrogens (tertiary/aromatic N) is 1. The van der Waals surface area contributed by atoms with Gasteiger partial charge in [0.25, 0.3) is 0 Å². The Morgan fingerprint density at radius 3 is 1.56 bits per heavy atom. The SMILES string of the molecule is CC1(C)C[C@@H](N)c2ccc(Cl)cc2O1.CC1(C)C[C@@H](N)c2ccc(F)c(Cl)c2O1.CC1(C)C[C@@H](N)c2ccc(F)cc2O1.CC1(C)C[C@@H](N)c2cccc(C(F)(F)F)c2O1.CC1(C)C[C@@H](N)c2ccccc2O1.CN(CCO)C1Cc2ccc(N)cc2CC1=O. The third-order valence-corrected chi connectivity index (χ3v) is 16.7. The van der Waals surface area contributed by atoms with Gasteiger partial charge in [-0.1, -0.05) is 77.8 Å². The summed E-state index contributed by atoms with van der Waals surface area (Å²) in [5.41, 5.74) is 40.4. The lowest BCUT2D eigenvalue weighted by atomic mass is 9.86. The molecule has 0 amide bonds. The summed E-state index contributed by atoms with van der Waals surface area (Å²) >= 11 is 11.7. The first-order valence-corrected chi connectivity index (χ1v) is 30.8. The molecule has 21 heteroatoms. The van der Waals surface area contributed by atoms with E-state index < -0.39 is 34.8 Å². The summed E-state index contributed by atoms with van der Waals surface area (Å²) in [5.74, 6) is 2.05. The fourth-order valence-electron chi connectivity index (χ4n) is 12.0. The zero-order valence-electron chi connectivity index (χ0n) is 53.2. The zero-order valence-corrected chi connectivity index (χ0v) is 54.7. The topological polar surface area (TPSA) is 243 Å². The number of carbonyl (C=O) groups excluding carboxylic acids is 1. The van der Waals surface area contributed by atoms with Crippen molar-refractivity contribution in [3.63, 3.8) is 0 Å². The van der Waals surface area contributed by atoms with Crippen molar-refractivity contribution in [1.82, 2.24) is 4.90 Å². The van der Waals surface area contributed by atoms with Gasteiger partial charge in [0.2, 0.25) is 0 Å². The summed E-state index contributed by atoms with van der Waals surface area (Å²) in [6.45, 7) is 20.1. The van der Waals surface area contributed by atoms with Crippen LogP contribution in [-0.4, -0.2) is 70.0 Å². The molecule has 6 aliphatic rings. The van der Waals surface area contributed by atoms with Crippen LogP contribution in [0.25, 0.3) is 0 Å². The van der Waals surface area contributed by atoms with E-state index in [4.69, 9.17) is 86.4 Å². The van der Waals surface area contributed by atoms with Crippen LogP contribution in [0.4, 0.5) is 27.6 Å². The highest BCUT2D eigenvalue weighted by atomic mass is 35.5. The molecule has 12 rings (SSSR count). The van der Waals surface area contributed by atoms with E-state index in [9.17, 15) is 26.7 Å². The molecule has 5 aliphatic heterocycles. The molecule has 0 saturated heterocycles. The van der Waals surface area contributed by atoms with Crippen LogP contribution in [-0.2, 0) is 23.8 Å². The second-order valence-electron chi connectivity index (χ2n) is 26.9. The quantitative estimate of drug-likeness (QED) is 0.0644. The first kappa shape index (κ1) is 71.2. The summed E-state index contributed by atoms with van der Waals surface area (Å²) in [6, 6.07) is 30.2. The van der Waals surface area contributed by atoms with Crippen molar-refractivity contribution < 1.29 is 55.5 Å². The number of nitrogen functional groups attached to an aromatic ring is 1. The van der Waals surface area contributed by atoms with Gasteiger partial charge in [-0.15, -0.1) is 0 Å². The second-order valence-corrected chi connectivity index (χ2v) is 27.7. The number of hydrogen-bond donors (Lipinski definition) is 7. The first-order chi connectivity index (χ1) is 41.8. The van der Waals surface area contributed by atoms with Crippen LogP contribution in [0.3, 0.4) is 0 Å². The van der Waals surface area contributed by atoms with Crippen LogP contribution in [0.2, 0.25) is 10.0 Å². The minimum absolute atomic E-state index is 0.0238. The lowest BCUT2D eigenvalue weighted by molar-refractivity contribution is -0.140. The van der Waals surface area contributed by atoms with Crippen molar-refractivity contribution >= 4 is 34.7 Å². The van der Waals surface area contributed by atoms with Crippen LogP contribution < -0.4 is 58.1 Å². The second kappa shape index (κ2) is 28.3. The van der Waals surface area contributed by atoms with Gasteiger partial charge in [-0.3, -0.25) is 9.69 Å². The number of halogens is 7. The average molecular weight is 1290 g/mol. The summed E-state index contributed by atoms with van der Waals surface area (Å²) in [6.07, 6.45) is 0.408. The number of Topliss-reactive ketones (excluding diaryl/α,β-unsaturated/α-hetero) is 1. The number of ketones is 1. The van der Waals surface area contributed by atoms with Gasteiger partial charge in [0.05, 0.1) is 18.2 Å². The molecule has 0 saturated carbocycles. The molecule has 13 N–H and O–H groups in total. The molecule has 0 aromatic heterocycles. The largest absolute Gasteiger partial charge is 0.487 e. The van der Waals surface area contributed by atoms with E-state index in [2.05, 4.69) is 13.8 Å². The van der Waals surface area contributed by atoms with Gasteiger partial charge in [-0.25, -0.2) is 8.78 Å². The maximum absolute atomic E-state index is 13.2. The molecule has 0 spiro atoms. The van der Waals surface area contributed by atoms with Crippen molar-refractivity contribution in [3.05, 3.63) is 175 Å². The number of fused-ring (bicyclic) bond motifs is 6. The molecule has 1 unspecified atom stereocenters. The summed E-state index contributed by atoms with van der Waals surface area (Å²) in [4.78, 5) is 13.9. The molecule has 0 bridgehead atoms. The summed E-state index contributed by atoms with van der Waals surface area (Å²) in [5, 5.41) is 9.63. The highest BCUT2D eigenvalue weighted by Crippen LogP contribution is 2.47. The van der Waals surface area contributed by atoms with E-state index in [0.29, 0.717) is 60.0 Å². The number of ether oxygens (including phenoxy) is 5. The highest BCUT2D eigenvalue weighted by Gasteiger charge is 2.42. The van der Waals surface area contributed by atoms with Gasteiger partial charge >= 0.3 is 6.18 Å². The number of aliphatic hydroxyl groups excluding tert-OH is 1. The molecule has 0 fully saturated rings. The third kappa shape index (κ3) is 18.5. The summed E-state index contributed by atoms with van der Waals surface area (Å²) in [7, 11) is 1.88. The van der Waals surface area contributed by atoms with Crippen molar-refractivity contribution in [1.29, 1.82) is 0 Å². The monoisotopic (exact) mass is 1290 g/mol. The van der Waals surface area contributed by atoms with E-state index in [1.807, 2.05) is 114 Å². The Balaban J connectivity index is 0.000000154. The number of nitrogens with two attached hydrogens (primary N) is 6.